The molecule has 1 atom stereocenters. The Kier molecular flexibility index (Phi) is 4.04. The van der Waals surface area contributed by atoms with Gasteiger partial charge in [0.05, 0.1) is 7.11 Å². The molecule has 0 fully saturated rings. The lowest BCUT2D eigenvalue weighted by molar-refractivity contribution is 0.219. The minimum atomic E-state index is -0.633. The maximum Gasteiger partial charge on any atom is 0.120 e. The van der Waals surface area contributed by atoms with Gasteiger partial charge in [-0.15, -0.1) is 0 Å². The van der Waals surface area contributed by atoms with Crippen LogP contribution in [0.15, 0.2) is 46.9 Å². The van der Waals surface area contributed by atoms with E-state index in [1.165, 1.54) is 5.56 Å². The van der Waals surface area contributed by atoms with Gasteiger partial charge in [0.25, 0.3) is 0 Å². The second-order valence-electron chi connectivity index (χ2n) is 4.20. The normalized spacial score (nSPS) is 12.2. The standard InChI is InChI=1S/C15H15BrO2/c1-10-3-5-11(6-4-10)15(17)13-8-7-12(18-2)9-14(13)16/h3-9,15,17H,1-2H3. The van der Waals surface area contributed by atoms with Crippen LogP contribution in [0.5, 0.6) is 5.75 Å². The average Bonchev–Trinajstić information content (AvgIpc) is 2.38. The van der Waals surface area contributed by atoms with Crippen molar-refractivity contribution in [1.82, 2.24) is 0 Å². The third kappa shape index (κ3) is 2.74. The van der Waals surface area contributed by atoms with Crippen LogP contribution in [0.1, 0.15) is 22.8 Å². The van der Waals surface area contributed by atoms with Crippen LogP contribution in [-0.4, -0.2) is 12.2 Å². The summed E-state index contributed by atoms with van der Waals surface area (Å²) in [5, 5.41) is 10.4. The summed E-state index contributed by atoms with van der Waals surface area (Å²) in [4.78, 5) is 0. The van der Waals surface area contributed by atoms with Gasteiger partial charge in [0.15, 0.2) is 0 Å². The second kappa shape index (κ2) is 5.55. The van der Waals surface area contributed by atoms with Crippen LogP contribution in [0.3, 0.4) is 0 Å². The van der Waals surface area contributed by atoms with E-state index in [1.807, 2.05) is 49.4 Å². The third-order valence-corrected chi connectivity index (χ3v) is 3.58. The Bertz CT molecular complexity index is 535. The number of hydrogen-bond acceptors (Lipinski definition) is 2. The van der Waals surface area contributed by atoms with Crippen LogP contribution < -0.4 is 4.74 Å². The molecule has 0 aliphatic carbocycles. The van der Waals surface area contributed by atoms with E-state index in [-0.39, 0.29) is 0 Å². The zero-order valence-electron chi connectivity index (χ0n) is 10.4. The predicted octanol–water partition coefficient (Wildman–Crippen LogP) is 3.85. The minimum Gasteiger partial charge on any atom is -0.497 e. The van der Waals surface area contributed by atoms with Gasteiger partial charge in [-0.1, -0.05) is 51.8 Å². The molecule has 0 saturated carbocycles. The van der Waals surface area contributed by atoms with Crippen molar-refractivity contribution in [2.24, 2.45) is 0 Å². The van der Waals surface area contributed by atoms with Gasteiger partial charge in [0.1, 0.15) is 11.9 Å². The van der Waals surface area contributed by atoms with E-state index in [0.29, 0.717) is 0 Å². The van der Waals surface area contributed by atoms with Gasteiger partial charge in [-0.3, -0.25) is 0 Å². The maximum atomic E-state index is 10.4. The summed E-state index contributed by atoms with van der Waals surface area (Å²) < 4.78 is 5.98. The molecule has 1 N–H and O–H groups in total. The molecule has 0 aromatic heterocycles. The first-order chi connectivity index (χ1) is 8.61. The average molecular weight is 307 g/mol. The summed E-state index contributed by atoms with van der Waals surface area (Å²) in [7, 11) is 1.62. The van der Waals surface area contributed by atoms with Crippen molar-refractivity contribution in [2.45, 2.75) is 13.0 Å². The lowest BCUT2D eigenvalue weighted by Gasteiger charge is -2.14. The Hall–Kier alpha value is -1.32. The van der Waals surface area contributed by atoms with E-state index >= 15 is 0 Å². The molecule has 0 radical (unpaired) electrons. The van der Waals surface area contributed by atoms with Crippen molar-refractivity contribution in [3.05, 3.63) is 63.6 Å². The van der Waals surface area contributed by atoms with E-state index < -0.39 is 6.10 Å². The molecular formula is C15H15BrO2. The van der Waals surface area contributed by atoms with Crippen LogP contribution in [0.25, 0.3) is 0 Å². The lowest BCUT2D eigenvalue weighted by Crippen LogP contribution is -2.01. The van der Waals surface area contributed by atoms with Gasteiger partial charge in [-0.2, -0.15) is 0 Å². The number of hydrogen-bond donors (Lipinski definition) is 1. The van der Waals surface area contributed by atoms with Crippen molar-refractivity contribution in [2.75, 3.05) is 7.11 Å². The molecule has 2 rings (SSSR count). The summed E-state index contributed by atoms with van der Waals surface area (Å²) >= 11 is 3.46. The van der Waals surface area contributed by atoms with Crippen LogP contribution in [0.2, 0.25) is 0 Å². The summed E-state index contributed by atoms with van der Waals surface area (Å²) in [5.74, 6) is 0.765. The number of aliphatic hydroxyl groups is 1. The number of aliphatic hydroxyl groups excluding tert-OH is 1. The number of rotatable bonds is 3. The SMILES string of the molecule is COc1ccc(C(O)c2ccc(C)cc2)c(Br)c1. The molecule has 1 unspecified atom stereocenters. The monoisotopic (exact) mass is 306 g/mol. The lowest BCUT2D eigenvalue weighted by atomic mass is 10.0. The van der Waals surface area contributed by atoms with Gasteiger partial charge in [0.2, 0.25) is 0 Å². The second-order valence-corrected chi connectivity index (χ2v) is 5.06. The van der Waals surface area contributed by atoms with Crippen LogP contribution in [-0.2, 0) is 0 Å². The van der Waals surface area contributed by atoms with Gasteiger partial charge in [0, 0.05) is 4.47 Å². The molecule has 0 heterocycles. The van der Waals surface area contributed by atoms with Crippen molar-refractivity contribution in [1.29, 1.82) is 0 Å². The highest BCUT2D eigenvalue weighted by molar-refractivity contribution is 9.10. The first kappa shape index (κ1) is 13.1. The molecule has 2 aromatic carbocycles. The fourth-order valence-corrected chi connectivity index (χ4v) is 2.36. The van der Waals surface area contributed by atoms with E-state index in [1.54, 1.807) is 7.11 Å². The van der Waals surface area contributed by atoms with Gasteiger partial charge < -0.3 is 9.84 Å². The fraction of sp³-hybridized carbons (Fsp3) is 0.200. The molecule has 0 aliphatic heterocycles. The summed E-state index contributed by atoms with van der Waals surface area (Å²) in [6, 6.07) is 13.4. The number of methoxy groups -OCH3 is 1. The summed E-state index contributed by atoms with van der Waals surface area (Å²) in [5.41, 5.74) is 2.89. The topological polar surface area (TPSA) is 29.5 Å². The van der Waals surface area contributed by atoms with Crippen molar-refractivity contribution >= 4 is 15.9 Å². The molecule has 2 nitrogen and oxygen atoms in total. The molecule has 2 aromatic rings. The van der Waals surface area contributed by atoms with Crippen molar-refractivity contribution < 1.29 is 9.84 Å². The first-order valence-electron chi connectivity index (χ1n) is 5.70. The molecule has 0 aliphatic rings. The molecule has 3 heteroatoms. The van der Waals surface area contributed by atoms with Crippen molar-refractivity contribution in [3.8, 4) is 5.75 Å². The Balaban J connectivity index is 2.33. The predicted molar refractivity (Wildman–Crippen MR) is 75.9 cm³/mol. The zero-order valence-corrected chi connectivity index (χ0v) is 11.9. The molecule has 0 amide bonds. The first-order valence-corrected chi connectivity index (χ1v) is 6.49. The van der Waals surface area contributed by atoms with Gasteiger partial charge >= 0.3 is 0 Å². The van der Waals surface area contributed by atoms with E-state index in [2.05, 4.69) is 15.9 Å². The number of benzene rings is 2. The zero-order chi connectivity index (χ0) is 13.1. The van der Waals surface area contributed by atoms with Crippen LogP contribution in [0, 0.1) is 6.92 Å². The summed E-state index contributed by atoms with van der Waals surface area (Å²) in [6.07, 6.45) is -0.633. The highest BCUT2D eigenvalue weighted by Crippen LogP contribution is 2.31. The quantitative estimate of drug-likeness (QED) is 0.933. The number of ether oxygens (including phenoxy) is 1. The largest absolute Gasteiger partial charge is 0.497 e. The molecule has 0 bridgehead atoms. The highest BCUT2D eigenvalue weighted by atomic mass is 79.9. The number of halogens is 1. The van der Waals surface area contributed by atoms with Gasteiger partial charge in [-0.05, 0) is 30.2 Å². The van der Waals surface area contributed by atoms with E-state index in [0.717, 1.165) is 21.3 Å². The van der Waals surface area contributed by atoms with Gasteiger partial charge in [-0.25, -0.2) is 0 Å². The Morgan fingerprint density at radius 2 is 1.78 bits per heavy atom. The van der Waals surface area contributed by atoms with E-state index in [4.69, 9.17) is 4.74 Å². The number of aryl methyl sites for hydroxylation is 1. The third-order valence-electron chi connectivity index (χ3n) is 2.90. The Labute approximate surface area is 115 Å². The molecule has 0 spiro atoms. The smallest absolute Gasteiger partial charge is 0.120 e. The van der Waals surface area contributed by atoms with Crippen molar-refractivity contribution in [3.63, 3.8) is 0 Å². The molecular weight excluding hydrogens is 292 g/mol. The molecule has 0 saturated heterocycles. The maximum absolute atomic E-state index is 10.4. The Morgan fingerprint density at radius 3 is 2.33 bits per heavy atom. The van der Waals surface area contributed by atoms with E-state index in [9.17, 15) is 5.11 Å². The molecule has 94 valence electrons. The Morgan fingerprint density at radius 1 is 1.11 bits per heavy atom. The van der Waals surface area contributed by atoms with Crippen LogP contribution >= 0.6 is 15.9 Å². The minimum absolute atomic E-state index is 0.633. The fourth-order valence-electron chi connectivity index (χ4n) is 1.78. The van der Waals surface area contributed by atoms with Crippen LogP contribution in [0.4, 0.5) is 0 Å². The molecule has 18 heavy (non-hydrogen) atoms. The summed E-state index contributed by atoms with van der Waals surface area (Å²) in [6.45, 7) is 2.03. The highest BCUT2D eigenvalue weighted by Gasteiger charge is 2.13.